The number of carbonyl (C=O) groups is 1. The molecule has 0 unspecified atom stereocenters. The fraction of sp³-hybridized carbons (Fsp3) is 0.750. The minimum Gasteiger partial charge on any atom is -0.355 e. The highest BCUT2D eigenvalue weighted by atomic mass is 16.5. The predicted octanol–water partition coefficient (Wildman–Crippen LogP) is 0.836. The monoisotopic (exact) mass is 254 g/mol. The maximum atomic E-state index is 11.4. The zero-order valence-electron chi connectivity index (χ0n) is 11.6. The second kappa shape index (κ2) is 7.10. The molecule has 6 nitrogen and oxygen atoms in total. The molecule has 18 heavy (non-hydrogen) atoms. The molecule has 1 heterocycles. The smallest absolute Gasteiger partial charge is 0.234 e. The summed E-state index contributed by atoms with van der Waals surface area (Å²) in [5.74, 6) is 1.78. The molecule has 1 rings (SSSR count). The number of rotatable bonds is 7. The van der Waals surface area contributed by atoms with E-state index in [0.717, 1.165) is 6.42 Å². The van der Waals surface area contributed by atoms with Crippen LogP contribution < -0.4 is 5.32 Å². The molecule has 0 saturated carbocycles. The van der Waals surface area contributed by atoms with Crippen molar-refractivity contribution in [1.82, 2.24) is 20.4 Å². The fourth-order valence-corrected chi connectivity index (χ4v) is 1.58. The second-order valence-electron chi connectivity index (χ2n) is 4.83. The van der Waals surface area contributed by atoms with Crippen LogP contribution in [0.2, 0.25) is 0 Å². The van der Waals surface area contributed by atoms with Crippen LogP contribution in [0.1, 0.15) is 32.5 Å². The van der Waals surface area contributed by atoms with E-state index in [2.05, 4.69) is 29.3 Å². The fourth-order valence-electron chi connectivity index (χ4n) is 1.58. The largest absolute Gasteiger partial charge is 0.355 e. The summed E-state index contributed by atoms with van der Waals surface area (Å²) in [5.41, 5.74) is 0. The van der Waals surface area contributed by atoms with Crippen molar-refractivity contribution in [2.75, 3.05) is 20.1 Å². The summed E-state index contributed by atoms with van der Waals surface area (Å²) in [6.45, 7) is 7.60. The highest BCUT2D eigenvalue weighted by molar-refractivity contribution is 5.77. The lowest BCUT2D eigenvalue weighted by atomic mass is 10.1. The average Bonchev–Trinajstić information content (AvgIpc) is 2.64. The summed E-state index contributed by atoms with van der Waals surface area (Å²) in [5, 5.41) is 6.65. The Labute approximate surface area is 108 Å². The SMILES string of the molecule is CCNC(=O)CN(C)Cc1noc(CC(C)C)n1. The van der Waals surface area contributed by atoms with Crippen molar-refractivity contribution in [2.45, 2.75) is 33.7 Å². The molecule has 0 aliphatic rings. The van der Waals surface area contributed by atoms with Gasteiger partial charge in [0.25, 0.3) is 0 Å². The molecule has 1 aromatic rings. The van der Waals surface area contributed by atoms with Gasteiger partial charge in [0.05, 0.1) is 13.1 Å². The van der Waals surface area contributed by atoms with Gasteiger partial charge in [0.2, 0.25) is 11.8 Å². The second-order valence-corrected chi connectivity index (χ2v) is 4.83. The first kappa shape index (κ1) is 14.6. The molecule has 0 aliphatic heterocycles. The van der Waals surface area contributed by atoms with E-state index < -0.39 is 0 Å². The summed E-state index contributed by atoms with van der Waals surface area (Å²) >= 11 is 0. The Morgan fingerprint density at radius 1 is 1.50 bits per heavy atom. The first-order valence-electron chi connectivity index (χ1n) is 6.28. The van der Waals surface area contributed by atoms with Crippen LogP contribution in [0.5, 0.6) is 0 Å². The van der Waals surface area contributed by atoms with E-state index in [1.807, 2.05) is 18.9 Å². The Hall–Kier alpha value is -1.43. The van der Waals surface area contributed by atoms with E-state index in [1.54, 1.807) is 0 Å². The Kier molecular flexibility index (Phi) is 5.77. The van der Waals surface area contributed by atoms with Gasteiger partial charge in [-0.05, 0) is 19.9 Å². The van der Waals surface area contributed by atoms with Gasteiger partial charge >= 0.3 is 0 Å². The predicted molar refractivity (Wildman–Crippen MR) is 67.9 cm³/mol. The van der Waals surface area contributed by atoms with Crippen molar-refractivity contribution >= 4 is 5.91 Å². The van der Waals surface area contributed by atoms with Crippen LogP contribution >= 0.6 is 0 Å². The molecule has 0 spiro atoms. The third-order valence-electron chi connectivity index (χ3n) is 2.29. The Morgan fingerprint density at radius 2 is 2.22 bits per heavy atom. The van der Waals surface area contributed by atoms with Crippen LogP contribution in [0.3, 0.4) is 0 Å². The Bertz CT molecular complexity index is 376. The number of nitrogens with one attached hydrogen (secondary N) is 1. The highest BCUT2D eigenvalue weighted by Crippen LogP contribution is 2.06. The molecule has 0 saturated heterocycles. The number of amides is 1. The van der Waals surface area contributed by atoms with Crippen LogP contribution in [0.4, 0.5) is 0 Å². The lowest BCUT2D eigenvalue weighted by molar-refractivity contribution is -0.121. The Morgan fingerprint density at radius 3 is 2.83 bits per heavy atom. The summed E-state index contributed by atoms with van der Waals surface area (Å²) in [4.78, 5) is 17.5. The molecule has 0 atom stereocenters. The van der Waals surface area contributed by atoms with E-state index in [-0.39, 0.29) is 5.91 Å². The summed E-state index contributed by atoms with van der Waals surface area (Å²) in [6, 6.07) is 0. The molecule has 0 radical (unpaired) electrons. The zero-order chi connectivity index (χ0) is 13.5. The minimum atomic E-state index is 0.00546. The van der Waals surface area contributed by atoms with Crippen molar-refractivity contribution in [3.8, 4) is 0 Å². The van der Waals surface area contributed by atoms with Gasteiger partial charge in [0, 0.05) is 13.0 Å². The first-order chi connectivity index (χ1) is 8.51. The lowest BCUT2D eigenvalue weighted by Crippen LogP contribution is -2.34. The van der Waals surface area contributed by atoms with Crippen molar-refractivity contribution in [3.63, 3.8) is 0 Å². The van der Waals surface area contributed by atoms with Crippen LogP contribution in [-0.2, 0) is 17.8 Å². The molecule has 6 heteroatoms. The average molecular weight is 254 g/mol. The molecular formula is C12H22N4O2. The van der Waals surface area contributed by atoms with Gasteiger partial charge in [0.15, 0.2) is 5.82 Å². The molecule has 1 aromatic heterocycles. The molecular weight excluding hydrogens is 232 g/mol. The molecule has 1 amide bonds. The van der Waals surface area contributed by atoms with Crippen LogP contribution in [0.15, 0.2) is 4.52 Å². The summed E-state index contributed by atoms with van der Waals surface area (Å²) < 4.78 is 5.14. The van der Waals surface area contributed by atoms with Gasteiger partial charge in [-0.2, -0.15) is 4.98 Å². The van der Waals surface area contributed by atoms with E-state index in [9.17, 15) is 4.79 Å². The van der Waals surface area contributed by atoms with E-state index >= 15 is 0 Å². The van der Waals surface area contributed by atoms with Gasteiger partial charge in [-0.1, -0.05) is 19.0 Å². The number of likely N-dealkylation sites (N-methyl/N-ethyl adjacent to an activating group) is 2. The summed E-state index contributed by atoms with van der Waals surface area (Å²) in [7, 11) is 1.85. The molecule has 1 N–H and O–H groups in total. The van der Waals surface area contributed by atoms with Crippen LogP contribution in [0, 0.1) is 5.92 Å². The standard InChI is InChI=1S/C12H22N4O2/c1-5-13-11(17)8-16(4)7-10-14-12(18-15-10)6-9(2)3/h9H,5-8H2,1-4H3,(H,13,17). The lowest BCUT2D eigenvalue weighted by Gasteiger charge is -2.13. The maximum Gasteiger partial charge on any atom is 0.234 e. The van der Waals surface area contributed by atoms with Crippen LogP contribution in [-0.4, -0.2) is 41.1 Å². The first-order valence-corrected chi connectivity index (χ1v) is 6.28. The third-order valence-corrected chi connectivity index (χ3v) is 2.29. The highest BCUT2D eigenvalue weighted by Gasteiger charge is 2.12. The normalized spacial score (nSPS) is 11.2. The topological polar surface area (TPSA) is 71.3 Å². The van der Waals surface area contributed by atoms with Crippen molar-refractivity contribution in [1.29, 1.82) is 0 Å². The third kappa shape index (κ3) is 5.27. The maximum absolute atomic E-state index is 11.4. The van der Waals surface area contributed by atoms with Gasteiger partial charge in [-0.25, -0.2) is 0 Å². The quantitative estimate of drug-likeness (QED) is 0.780. The van der Waals surface area contributed by atoms with E-state index in [1.165, 1.54) is 0 Å². The van der Waals surface area contributed by atoms with Crippen LogP contribution in [0.25, 0.3) is 0 Å². The summed E-state index contributed by atoms with van der Waals surface area (Å²) in [6.07, 6.45) is 0.785. The number of hydrogen-bond donors (Lipinski definition) is 1. The van der Waals surface area contributed by atoms with Gasteiger partial charge in [-0.3, -0.25) is 9.69 Å². The van der Waals surface area contributed by atoms with Gasteiger partial charge in [-0.15, -0.1) is 0 Å². The van der Waals surface area contributed by atoms with Crippen molar-refractivity contribution in [2.24, 2.45) is 5.92 Å². The molecule has 0 aromatic carbocycles. The number of nitrogens with zero attached hydrogens (tertiary/aromatic N) is 3. The van der Waals surface area contributed by atoms with Gasteiger partial charge < -0.3 is 9.84 Å². The number of aromatic nitrogens is 2. The number of hydrogen-bond acceptors (Lipinski definition) is 5. The van der Waals surface area contributed by atoms with E-state index in [0.29, 0.717) is 37.3 Å². The molecule has 0 bridgehead atoms. The minimum absolute atomic E-state index is 0.00546. The Balaban J connectivity index is 2.41. The van der Waals surface area contributed by atoms with Gasteiger partial charge in [0.1, 0.15) is 0 Å². The molecule has 0 fully saturated rings. The zero-order valence-corrected chi connectivity index (χ0v) is 11.6. The number of carbonyl (C=O) groups excluding carboxylic acids is 1. The molecule has 0 aliphatic carbocycles. The molecule has 102 valence electrons. The van der Waals surface area contributed by atoms with E-state index in [4.69, 9.17) is 4.52 Å². The van der Waals surface area contributed by atoms with Crippen molar-refractivity contribution < 1.29 is 9.32 Å². The van der Waals surface area contributed by atoms with Crippen molar-refractivity contribution in [3.05, 3.63) is 11.7 Å².